The van der Waals surface area contributed by atoms with Gasteiger partial charge in [0.1, 0.15) is 5.69 Å². The first-order valence-corrected chi connectivity index (χ1v) is 7.11. The molecule has 1 amide bonds. The van der Waals surface area contributed by atoms with Crippen molar-refractivity contribution < 1.29 is 14.7 Å². The van der Waals surface area contributed by atoms with Gasteiger partial charge in [0.15, 0.2) is 0 Å². The summed E-state index contributed by atoms with van der Waals surface area (Å²) < 4.78 is 0. The van der Waals surface area contributed by atoms with Crippen molar-refractivity contribution in [1.82, 2.24) is 15.5 Å². The van der Waals surface area contributed by atoms with E-state index in [-0.39, 0.29) is 18.4 Å². The maximum absolute atomic E-state index is 12.1. The van der Waals surface area contributed by atoms with Gasteiger partial charge in [0.05, 0.1) is 5.69 Å². The number of carboxylic acids is 1. The molecule has 0 aliphatic carbocycles. The van der Waals surface area contributed by atoms with Gasteiger partial charge in [-0.3, -0.25) is 14.7 Å². The maximum atomic E-state index is 12.1. The van der Waals surface area contributed by atoms with Gasteiger partial charge in [0, 0.05) is 18.0 Å². The molecule has 0 aliphatic heterocycles. The van der Waals surface area contributed by atoms with Gasteiger partial charge in [-0.2, -0.15) is 5.10 Å². The number of amides is 1. The molecule has 22 heavy (non-hydrogen) atoms. The Bertz CT molecular complexity index is 662. The van der Waals surface area contributed by atoms with Crippen molar-refractivity contribution in [3.05, 3.63) is 41.6 Å². The molecule has 1 aromatic heterocycles. The second kappa shape index (κ2) is 6.89. The minimum Gasteiger partial charge on any atom is -0.481 e. The summed E-state index contributed by atoms with van der Waals surface area (Å²) in [6, 6.07) is 9.33. The van der Waals surface area contributed by atoms with E-state index in [0.29, 0.717) is 17.8 Å². The van der Waals surface area contributed by atoms with Gasteiger partial charge in [0.2, 0.25) is 0 Å². The first kappa shape index (κ1) is 15.8. The molecule has 0 bridgehead atoms. The number of hydrogen-bond donors (Lipinski definition) is 3. The molecular weight excluding hydrogens is 282 g/mol. The van der Waals surface area contributed by atoms with Crippen LogP contribution in [0.4, 0.5) is 0 Å². The lowest BCUT2D eigenvalue weighted by Crippen LogP contribution is -2.33. The predicted molar refractivity (Wildman–Crippen MR) is 82.6 cm³/mol. The fraction of sp³-hybridized carbons (Fsp3) is 0.312. The molecule has 0 fully saturated rings. The normalized spacial score (nSPS) is 11.9. The average Bonchev–Trinajstić information content (AvgIpc) is 2.96. The third-order valence-corrected chi connectivity index (χ3v) is 3.34. The fourth-order valence-corrected chi connectivity index (χ4v) is 2.02. The lowest BCUT2D eigenvalue weighted by atomic mass is 10.1. The second-order valence-corrected chi connectivity index (χ2v) is 5.34. The fourth-order valence-electron chi connectivity index (χ4n) is 2.02. The number of hydrogen-bond acceptors (Lipinski definition) is 3. The van der Waals surface area contributed by atoms with Crippen LogP contribution in [0.25, 0.3) is 11.3 Å². The monoisotopic (exact) mass is 301 g/mol. The number of benzene rings is 1. The molecule has 1 aromatic carbocycles. The maximum Gasteiger partial charge on any atom is 0.303 e. The zero-order valence-corrected chi connectivity index (χ0v) is 12.6. The number of nitrogens with zero attached hydrogens (tertiary/aromatic N) is 1. The minimum atomic E-state index is -0.871. The zero-order valence-electron chi connectivity index (χ0n) is 12.6. The number of aromatic nitrogens is 2. The van der Waals surface area contributed by atoms with E-state index in [2.05, 4.69) is 15.5 Å². The highest BCUT2D eigenvalue weighted by Crippen LogP contribution is 2.18. The largest absolute Gasteiger partial charge is 0.481 e. The topological polar surface area (TPSA) is 95.1 Å². The average molecular weight is 301 g/mol. The molecule has 0 saturated carbocycles. The van der Waals surface area contributed by atoms with E-state index >= 15 is 0 Å². The third kappa shape index (κ3) is 4.18. The molecule has 0 saturated heterocycles. The van der Waals surface area contributed by atoms with Crippen LogP contribution in [0.15, 0.2) is 30.3 Å². The van der Waals surface area contributed by atoms with Crippen molar-refractivity contribution in [1.29, 1.82) is 0 Å². The molecular formula is C16H19N3O3. The van der Waals surface area contributed by atoms with E-state index in [0.717, 1.165) is 11.1 Å². The SMILES string of the molecule is Cc1ccc(-c2cc(C(=O)NC(C)CCC(=O)O)[nH]n2)cc1. The van der Waals surface area contributed by atoms with Crippen LogP contribution in [-0.4, -0.2) is 33.2 Å². The quantitative estimate of drug-likeness (QED) is 0.763. The summed E-state index contributed by atoms with van der Waals surface area (Å²) in [7, 11) is 0. The summed E-state index contributed by atoms with van der Waals surface area (Å²) in [5.74, 6) is -1.16. The number of H-pyrrole nitrogens is 1. The number of carbonyl (C=O) groups is 2. The van der Waals surface area contributed by atoms with Crippen LogP contribution in [-0.2, 0) is 4.79 Å². The van der Waals surface area contributed by atoms with Gasteiger partial charge in [0.25, 0.3) is 5.91 Å². The lowest BCUT2D eigenvalue weighted by molar-refractivity contribution is -0.137. The van der Waals surface area contributed by atoms with Gasteiger partial charge in [-0.25, -0.2) is 0 Å². The third-order valence-electron chi connectivity index (χ3n) is 3.34. The van der Waals surface area contributed by atoms with Crippen molar-refractivity contribution in [3.63, 3.8) is 0 Å². The van der Waals surface area contributed by atoms with Crippen LogP contribution in [0.5, 0.6) is 0 Å². The number of aromatic amines is 1. The van der Waals surface area contributed by atoms with E-state index in [9.17, 15) is 9.59 Å². The van der Waals surface area contributed by atoms with E-state index in [4.69, 9.17) is 5.11 Å². The molecule has 1 heterocycles. The Labute approximate surface area is 128 Å². The van der Waals surface area contributed by atoms with Crippen molar-refractivity contribution >= 4 is 11.9 Å². The van der Waals surface area contributed by atoms with Crippen LogP contribution in [0.3, 0.4) is 0 Å². The van der Waals surface area contributed by atoms with Crippen molar-refractivity contribution in [2.75, 3.05) is 0 Å². The summed E-state index contributed by atoms with van der Waals surface area (Å²) in [4.78, 5) is 22.6. The Hall–Kier alpha value is -2.63. The number of nitrogens with one attached hydrogen (secondary N) is 2. The highest BCUT2D eigenvalue weighted by molar-refractivity contribution is 5.93. The van der Waals surface area contributed by atoms with E-state index in [1.165, 1.54) is 0 Å². The van der Waals surface area contributed by atoms with E-state index < -0.39 is 5.97 Å². The van der Waals surface area contributed by atoms with Gasteiger partial charge in [-0.15, -0.1) is 0 Å². The molecule has 2 rings (SSSR count). The molecule has 2 aromatic rings. The molecule has 6 heteroatoms. The summed E-state index contributed by atoms with van der Waals surface area (Å²) in [6.07, 6.45) is 0.416. The first-order valence-electron chi connectivity index (χ1n) is 7.11. The first-order chi connectivity index (χ1) is 10.5. The van der Waals surface area contributed by atoms with Crippen LogP contribution in [0.1, 0.15) is 35.8 Å². The van der Waals surface area contributed by atoms with Crippen molar-refractivity contribution in [2.45, 2.75) is 32.7 Å². The van der Waals surface area contributed by atoms with Crippen LogP contribution >= 0.6 is 0 Å². The van der Waals surface area contributed by atoms with Crippen LogP contribution < -0.4 is 5.32 Å². The summed E-state index contributed by atoms with van der Waals surface area (Å²) in [5.41, 5.74) is 3.14. The highest BCUT2D eigenvalue weighted by atomic mass is 16.4. The molecule has 116 valence electrons. The Morgan fingerprint density at radius 2 is 2.00 bits per heavy atom. The molecule has 1 unspecified atom stereocenters. The summed E-state index contributed by atoms with van der Waals surface area (Å²) >= 11 is 0. The summed E-state index contributed by atoms with van der Waals surface area (Å²) in [5, 5.41) is 18.2. The van der Waals surface area contributed by atoms with Crippen LogP contribution in [0, 0.1) is 6.92 Å². The minimum absolute atomic E-state index is 0.0268. The number of carbonyl (C=O) groups excluding carboxylic acids is 1. The molecule has 3 N–H and O–H groups in total. The lowest BCUT2D eigenvalue weighted by Gasteiger charge is -2.11. The molecule has 0 radical (unpaired) electrons. The van der Waals surface area contributed by atoms with Gasteiger partial charge in [-0.1, -0.05) is 29.8 Å². The number of aliphatic carboxylic acids is 1. The van der Waals surface area contributed by atoms with Crippen molar-refractivity contribution in [3.8, 4) is 11.3 Å². The van der Waals surface area contributed by atoms with Gasteiger partial charge in [-0.05, 0) is 26.3 Å². The molecule has 0 aliphatic rings. The second-order valence-electron chi connectivity index (χ2n) is 5.34. The Balaban J connectivity index is 2.00. The Kier molecular flexibility index (Phi) is 4.93. The Morgan fingerprint density at radius 3 is 2.64 bits per heavy atom. The zero-order chi connectivity index (χ0) is 16.1. The standard InChI is InChI=1S/C16H19N3O3/c1-10-3-6-12(7-4-10)13-9-14(19-18-13)16(22)17-11(2)5-8-15(20)21/h3-4,6-7,9,11H,5,8H2,1-2H3,(H,17,22)(H,18,19)(H,20,21). The van der Waals surface area contributed by atoms with Crippen LogP contribution in [0.2, 0.25) is 0 Å². The number of rotatable bonds is 6. The van der Waals surface area contributed by atoms with E-state index in [1.54, 1.807) is 13.0 Å². The smallest absolute Gasteiger partial charge is 0.303 e. The van der Waals surface area contributed by atoms with Crippen molar-refractivity contribution in [2.24, 2.45) is 0 Å². The summed E-state index contributed by atoms with van der Waals surface area (Å²) in [6.45, 7) is 3.78. The van der Waals surface area contributed by atoms with Gasteiger partial charge >= 0.3 is 5.97 Å². The van der Waals surface area contributed by atoms with E-state index in [1.807, 2.05) is 31.2 Å². The van der Waals surface area contributed by atoms with Gasteiger partial charge < -0.3 is 10.4 Å². The highest BCUT2D eigenvalue weighted by Gasteiger charge is 2.14. The number of aryl methyl sites for hydroxylation is 1. The Morgan fingerprint density at radius 1 is 1.32 bits per heavy atom. The molecule has 0 spiro atoms. The predicted octanol–water partition coefficient (Wildman–Crippen LogP) is 2.37. The molecule has 1 atom stereocenters. The molecule has 6 nitrogen and oxygen atoms in total. The number of carboxylic acid groups (broad SMARTS) is 1.